The Labute approximate surface area is 117 Å². The molecule has 0 aliphatic carbocycles. The van der Waals surface area contributed by atoms with Crippen molar-refractivity contribution in [1.29, 1.82) is 0 Å². The highest BCUT2D eigenvalue weighted by atomic mass is 15.3. The largest absolute Gasteiger partial charge is 0.297 e. The average Bonchev–Trinajstić information content (AvgIpc) is 2.95. The van der Waals surface area contributed by atoms with E-state index in [2.05, 4.69) is 54.5 Å². The molecule has 1 aromatic rings. The van der Waals surface area contributed by atoms with Crippen molar-refractivity contribution in [3.63, 3.8) is 0 Å². The van der Waals surface area contributed by atoms with Gasteiger partial charge < -0.3 is 0 Å². The van der Waals surface area contributed by atoms with E-state index in [1.807, 2.05) is 0 Å². The molecule has 3 N–H and O–H groups in total. The van der Waals surface area contributed by atoms with Crippen molar-refractivity contribution in [2.24, 2.45) is 5.84 Å². The predicted molar refractivity (Wildman–Crippen MR) is 80.8 cm³/mol. The number of aryl methyl sites for hydroxylation is 1. The molecule has 1 aromatic carbocycles. The zero-order chi connectivity index (χ0) is 13.7. The molecule has 1 unspecified atom stereocenters. The lowest BCUT2D eigenvalue weighted by Gasteiger charge is -2.42. The van der Waals surface area contributed by atoms with Crippen LogP contribution in [0.4, 0.5) is 0 Å². The van der Waals surface area contributed by atoms with Crippen LogP contribution in [-0.4, -0.2) is 29.6 Å². The van der Waals surface area contributed by atoms with Crippen LogP contribution in [0.15, 0.2) is 30.3 Å². The first-order valence-corrected chi connectivity index (χ1v) is 7.39. The van der Waals surface area contributed by atoms with Crippen molar-refractivity contribution >= 4 is 0 Å². The molecule has 1 fully saturated rings. The molecule has 1 aliphatic rings. The van der Waals surface area contributed by atoms with Crippen LogP contribution in [0.2, 0.25) is 0 Å². The quantitative estimate of drug-likeness (QED) is 0.610. The van der Waals surface area contributed by atoms with E-state index in [0.717, 1.165) is 12.8 Å². The SMILES string of the molecule is CC(C)(C(CCc1ccccc1)NN)N1CCCC1. The van der Waals surface area contributed by atoms with Crippen molar-refractivity contribution < 1.29 is 0 Å². The maximum atomic E-state index is 5.81. The molecule has 0 saturated carbocycles. The van der Waals surface area contributed by atoms with E-state index in [-0.39, 0.29) is 5.54 Å². The monoisotopic (exact) mass is 261 g/mol. The summed E-state index contributed by atoms with van der Waals surface area (Å²) in [5, 5.41) is 0. The van der Waals surface area contributed by atoms with Crippen LogP contribution in [0.1, 0.15) is 38.7 Å². The van der Waals surface area contributed by atoms with Crippen LogP contribution < -0.4 is 11.3 Å². The Kier molecular flexibility index (Phi) is 4.97. The van der Waals surface area contributed by atoms with Crippen molar-refractivity contribution in [2.75, 3.05) is 13.1 Å². The number of hydrazine groups is 1. The lowest BCUT2D eigenvalue weighted by molar-refractivity contribution is 0.103. The van der Waals surface area contributed by atoms with Crippen LogP contribution >= 0.6 is 0 Å². The molecular weight excluding hydrogens is 234 g/mol. The maximum Gasteiger partial charge on any atom is 0.0392 e. The van der Waals surface area contributed by atoms with E-state index in [1.165, 1.54) is 31.5 Å². The van der Waals surface area contributed by atoms with Crippen LogP contribution in [0, 0.1) is 0 Å². The number of nitrogens with zero attached hydrogens (tertiary/aromatic N) is 1. The van der Waals surface area contributed by atoms with Gasteiger partial charge in [-0.2, -0.15) is 0 Å². The van der Waals surface area contributed by atoms with Gasteiger partial charge in [0.2, 0.25) is 0 Å². The normalized spacial score (nSPS) is 18.7. The highest BCUT2D eigenvalue weighted by Gasteiger charge is 2.35. The van der Waals surface area contributed by atoms with Gasteiger partial charge in [0.25, 0.3) is 0 Å². The van der Waals surface area contributed by atoms with E-state index < -0.39 is 0 Å². The van der Waals surface area contributed by atoms with E-state index in [0.29, 0.717) is 6.04 Å². The minimum atomic E-state index is 0.125. The van der Waals surface area contributed by atoms with Crippen LogP contribution in [0.5, 0.6) is 0 Å². The molecule has 1 atom stereocenters. The Morgan fingerprint density at radius 1 is 1.21 bits per heavy atom. The molecule has 1 saturated heterocycles. The summed E-state index contributed by atoms with van der Waals surface area (Å²) in [6, 6.07) is 11.0. The average molecular weight is 261 g/mol. The molecule has 0 amide bonds. The van der Waals surface area contributed by atoms with E-state index in [9.17, 15) is 0 Å². The Morgan fingerprint density at radius 3 is 2.42 bits per heavy atom. The summed E-state index contributed by atoms with van der Waals surface area (Å²) >= 11 is 0. The smallest absolute Gasteiger partial charge is 0.0392 e. The fraction of sp³-hybridized carbons (Fsp3) is 0.625. The Balaban J connectivity index is 1.95. The fourth-order valence-corrected chi connectivity index (χ4v) is 3.11. The van der Waals surface area contributed by atoms with Gasteiger partial charge in [-0.3, -0.25) is 16.2 Å². The maximum absolute atomic E-state index is 5.81. The van der Waals surface area contributed by atoms with Crippen LogP contribution in [0.25, 0.3) is 0 Å². The molecule has 106 valence electrons. The van der Waals surface area contributed by atoms with Gasteiger partial charge in [0.05, 0.1) is 0 Å². The molecular formula is C16H27N3. The number of likely N-dealkylation sites (tertiary alicyclic amines) is 1. The predicted octanol–water partition coefficient (Wildman–Crippen LogP) is 2.33. The number of hydrogen-bond acceptors (Lipinski definition) is 3. The standard InChI is InChI=1S/C16H27N3/c1-16(2,19-12-6-7-13-19)15(18-17)11-10-14-8-4-3-5-9-14/h3-5,8-9,15,18H,6-7,10-13,17H2,1-2H3. The number of rotatable bonds is 6. The molecule has 0 bridgehead atoms. The minimum Gasteiger partial charge on any atom is -0.297 e. The summed E-state index contributed by atoms with van der Waals surface area (Å²) < 4.78 is 0. The molecule has 19 heavy (non-hydrogen) atoms. The Morgan fingerprint density at radius 2 is 1.84 bits per heavy atom. The summed E-state index contributed by atoms with van der Waals surface area (Å²) in [5.74, 6) is 5.81. The van der Waals surface area contributed by atoms with Gasteiger partial charge in [0, 0.05) is 11.6 Å². The third-order valence-corrected chi connectivity index (χ3v) is 4.54. The topological polar surface area (TPSA) is 41.3 Å². The first-order valence-electron chi connectivity index (χ1n) is 7.39. The van der Waals surface area contributed by atoms with Crippen LogP contribution in [-0.2, 0) is 6.42 Å². The molecule has 0 radical (unpaired) electrons. The van der Waals surface area contributed by atoms with Gasteiger partial charge in [-0.15, -0.1) is 0 Å². The van der Waals surface area contributed by atoms with Gasteiger partial charge in [-0.05, 0) is 58.2 Å². The molecule has 2 rings (SSSR count). The second-order valence-corrected chi connectivity index (χ2v) is 6.09. The third kappa shape index (κ3) is 3.56. The molecule has 3 heteroatoms. The lowest BCUT2D eigenvalue weighted by Crippen LogP contribution is -2.58. The summed E-state index contributed by atoms with van der Waals surface area (Å²) in [6.45, 7) is 7.04. The number of benzene rings is 1. The summed E-state index contributed by atoms with van der Waals surface area (Å²) in [5.41, 5.74) is 4.56. The van der Waals surface area contributed by atoms with E-state index in [4.69, 9.17) is 5.84 Å². The van der Waals surface area contributed by atoms with Crippen LogP contribution in [0.3, 0.4) is 0 Å². The second-order valence-electron chi connectivity index (χ2n) is 6.09. The van der Waals surface area contributed by atoms with Crippen molar-refractivity contribution in [3.05, 3.63) is 35.9 Å². The third-order valence-electron chi connectivity index (χ3n) is 4.54. The van der Waals surface area contributed by atoms with Crippen molar-refractivity contribution in [1.82, 2.24) is 10.3 Å². The lowest BCUT2D eigenvalue weighted by atomic mass is 9.88. The fourth-order valence-electron chi connectivity index (χ4n) is 3.11. The second kappa shape index (κ2) is 6.51. The summed E-state index contributed by atoms with van der Waals surface area (Å²) in [6.07, 6.45) is 4.79. The van der Waals surface area contributed by atoms with Gasteiger partial charge in [-0.1, -0.05) is 30.3 Å². The number of nitrogens with two attached hydrogens (primary N) is 1. The molecule has 3 nitrogen and oxygen atoms in total. The first kappa shape index (κ1) is 14.5. The first-order chi connectivity index (χ1) is 9.14. The summed E-state index contributed by atoms with van der Waals surface area (Å²) in [7, 11) is 0. The Hall–Kier alpha value is -0.900. The van der Waals surface area contributed by atoms with Gasteiger partial charge in [0.1, 0.15) is 0 Å². The zero-order valence-corrected chi connectivity index (χ0v) is 12.2. The molecule has 1 aliphatic heterocycles. The van der Waals surface area contributed by atoms with Gasteiger partial charge in [-0.25, -0.2) is 0 Å². The number of hydrogen-bond donors (Lipinski definition) is 2. The Bertz CT molecular complexity index is 369. The zero-order valence-electron chi connectivity index (χ0n) is 12.2. The van der Waals surface area contributed by atoms with E-state index >= 15 is 0 Å². The minimum absolute atomic E-state index is 0.125. The highest BCUT2D eigenvalue weighted by Crippen LogP contribution is 2.26. The number of nitrogens with one attached hydrogen (secondary N) is 1. The van der Waals surface area contributed by atoms with E-state index in [1.54, 1.807) is 0 Å². The molecule has 0 spiro atoms. The highest BCUT2D eigenvalue weighted by molar-refractivity contribution is 5.15. The van der Waals surface area contributed by atoms with Gasteiger partial charge >= 0.3 is 0 Å². The van der Waals surface area contributed by atoms with Crippen molar-refractivity contribution in [3.8, 4) is 0 Å². The molecule has 1 heterocycles. The molecule has 0 aromatic heterocycles. The van der Waals surface area contributed by atoms with Crippen molar-refractivity contribution in [2.45, 2.75) is 51.1 Å². The summed E-state index contributed by atoms with van der Waals surface area (Å²) in [4.78, 5) is 2.57. The van der Waals surface area contributed by atoms with Gasteiger partial charge in [0.15, 0.2) is 0 Å².